The molecule has 10 heteroatoms. The highest BCUT2D eigenvalue weighted by atomic mass is 32.2. The molecule has 2 aromatic carbocycles. The summed E-state index contributed by atoms with van der Waals surface area (Å²) in [6.45, 7) is 6.23. The molecule has 0 bridgehead atoms. The van der Waals surface area contributed by atoms with Crippen molar-refractivity contribution in [3.63, 3.8) is 0 Å². The van der Waals surface area contributed by atoms with E-state index in [4.69, 9.17) is 9.47 Å². The molecule has 37 heavy (non-hydrogen) atoms. The minimum Gasteiger partial charge on any atom is -0.486 e. The van der Waals surface area contributed by atoms with Crippen LogP contribution in [0.3, 0.4) is 0 Å². The number of amides is 1. The Morgan fingerprint density at radius 3 is 2.43 bits per heavy atom. The van der Waals surface area contributed by atoms with Gasteiger partial charge in [0.1, 0.15) is 22.9 Å². The number of carbonyl (C=O) groups excluding carboxylic acids is 2. The van der Waals surface area contributed by atoms with Gasteiger partial charge in [-0.3, -0.25) is 4.79 Å². The molecule has 192 valence electrons. The summed E-state index contributed by atoms with van der Waals surface area (Å²) in [5.41, 5.74) is 4.27. The summed E-state index contributed by atoms with van der Waals surface area (Å²) >= 11 is 2.61. The number of anilines is 1. The summed E-state index contributed by atoms with van der Waals surface area (Å²) in [5, 5.41) is 12.4. The van der Waals surface area contributed by atoms with Gasteiger partial charge in [-0.05, 0) is 49.6 Å². The predicted octanol–water partition coefficient (Wildman–Crippen LogP) is 5.57. The highest BCUT2D eigenvalue weighted by Gasteiger charge is 2.25. The maximum absolute atomic E-state index is 12.8. The van der Waals surface area contributed by atoms with Gasteiger partial charge in [0.15, 0.2) is 11.0 Å². The molecule has 0 atom stereocenters. The molecule has 0 aliphatic carbocycles. The number of methoxy groups -OCH3 is 1. The van der Waals surface area contributed by atoms with Crippen LogP contribution >= 0.6 is 23.1 Å². The van der Waals surface area contributed by atoms with Crippen LogP contribution in [0.2, 0.25) is 0 Å². The number of thiophene rings is 1. The lowest BCUT2D eigenvalue weighted by molar-refractivity contribution is -0.113. The predicted molar refractivity (Wildman–Crippen MR) is 146 cm³/mol. The third kappa shape index (κ3) is 6.20. The molecular formula is C27H28N4O4S2. The van der Waals surface area contributed by atoms with Crippen LogP contribution in [0.25, 0.3) is 11.1 Å². The molecule has 0 fully saturated rings. The lowest BCUT2D eigenvalue weighted by Gasteiger charge is -2.09. The van der Waals surface area contributed by atoms with Crippen LogP contribution in [0.15, 0.2) is 53.7 Å². The average Bonchev–Trinajstić information content (AvgIpc) is 3.39. The molecule has 1 amide bonds. The molecule has 2 aromatic heterocycles. The zero-order valence-corrected chi connectivity index (χ0v) is 23.0. The maximum atomic E-state index is 12.8. The number of aromatic nitrogens is 3. The Hall–Kier alpha value is -3.63. The van der Waals surface area contributed by atoms with E-state index in [1.165, 1.54) is 30.2 Å². The lowest BCUT2D eigenvalue weighted by atomic mass is 10.0. The summed E-state index contributed by atoms with van der Waals surface area (Å²) < 4.78 is 12.7. The topological polar surface area (TPSA) is 95.3 Å². The van der Waals surface area contributed by atoms with E-state index >= 15 is 0 Å². The van der Waals surface area contributed by atoms with Crippen molar-refractivity contribution in [1.82, 2.24) is 14.8 Å². The van der Waals surface area contributed by atoms with E-state index in [9.17, 15) is 9.59 Å². The highest BCUT2D eigenvalue weighted by molar-refractivity contribution is 7.99. The van der Waals surface area contributed by atoms with Crippen molar-refractivity contribution in [1.29, 1.82) is 0 Å². The number of thioether (sulfide) groups is 1. The first-order valence-corrected chi connectivity index (χ1v) is 13.4. The van der Waals surface area contributed by atoms with Crippen molar-refractivity contribution < 1.29 is 19.1 Å². The summed E-state index contributed by atoms with van der Waals surface area (Å²) in [5.74, 6) is 0.773. The second kappa shape index (κ2) is 11.6. The quantitative estimate of drug-likeness (QED) is 0.221. The average molecular weight is 537 g/mol. The van der Waals surface area contributed by atoms with Crippen LogP contribution in [0.4, 0.5) is 5.00 Å². The molecule has 4 aromatic rings. The van der Waals surface area contributed by atoms with Crippen molar-refractivity contribution >= 4 is 40.0 Å². The van der Waals surface area contributed by atoms with E-state index in [0.717, 1.165) is 32.9 Å². The molecule has 1 N–H and O–H groups in total. The first-order chi connectivity index (χ1) is 17.8. The van der Waals surface area contributed by atoms with Crippen LogP contribution in [-0.2, 0) is 23.2 Å². The van der Waals surface area contributed by atoms with E-state index in [-0.39, 0.29) is 18.3 Å². The number of rotatable bonds is 9. The Labute approximate surface area is 224 Å². The molecule has 4 rings (SSSR count). The van der Waals surface area contributed by atoms with Crippen molar-refractivity contribution in [2.75, 3.05) is 18.2 Å². The minimum absolute atomic E-state index is 0.0993. The molecule has 2 heterocycles. The number of ether oxygens (including phenoxy) is 2. The molecule has 0 aliphatic heterocycles. The smallest absolute Gasteiger partial charge is 0.341 e. The van der Waals surface area contributed by atoms with E-state index in [2.05, 4.69) is 21.6 Å². The van der Waals surface area contributed by atoms with Crippen molar-refractivity contribution in [2.45, 2.75) is 32.5 Å². The van der Waals surface area contributed by atoms with Crippen LogP contribution in [0.1, 0.15) is 32.2 Å². The van der Waals surface area contributed by atoms with Gasteiger partial charge in [0.25, 0.3) is 0 Å². The molecule has 0 saturated carbocycles. The minimum atomic E-state index is -0.493. The van der Waals surface area contributed by atoms with Crippen molar-refractivity contribution in [3.05, 3.63) is 75.9 Å². The maximum Gasteiger partial charge on any atom is 0.341 e. The van der Waals surface area contributed by atoms with Gasteiger partial charge in [-0.15, -0.1) is 21.5 Å². The number of carbonyl (C=O) groups is 2. The zero-order valence-electron chi connectivity index (χ0n) is 21.3. The molecule has 0 radical (unpaired) electrons. The number of esters is 1. The number of hydrogen-bond donors (Lipinski definition) is 1. The van der Waals surface area contributed by atoms with Gasteiger partial charge in [-0.1, -0.05) is 48.2 Å². The van der Waals surface area contributed by atoms with Crippen molar-refractivity contribution in [2.24, 2.45) is 7.05 Å². The molecule has 0 spiro atoms. The SMILES string of the molecule is COC(=O)c1c(NC(=O)CSc2nnc(COc3cc(C)cc(C)c3)n2C)sc(C)c1-c1ccccc1. The molecular weight excluding hydrogens is 508 g/mol. The van der Waals surface area contributed by atoms with Crippen LogP contribution in [0, 0.1) is 20.8 Å². The number of aryl methyl sites for hydroxylation is 3. The Morgan fingerprint density at radius 2 is 1.76 bits per heavy atom. The van der Waals surface area contributed by atoms with Gasteiger partial charge < -0.3 is 19.4 Å². The normalized spacial score (nSPS) is 10.8. The molecule has 0 aliphatic rings. The van der Waals surface area contributed by atoms with E-state index in [1.807, 2.05) is 74.9 Å². The monoisotopic (exact) mass is 536 g/mol. The Morgan fingerprint density at radius 1 is 1.05 bits per heavy atom. The third-order valence-corrected chi connectivity index (χ3v) is 7.65. The fourth-order valence-corrected chi connectivity index (χ4v) is 5.75. The zero-order chi connectivity index (χ0) is 26.5. The third-order valence-electron chi connectivity index (χ3n) is 5.61. The number of benzene rings is 2. The van der Waals surface area contributed by atoms with E-state index in [0.29, 0.717) is 21.5 Å². The largest absolute Gasteiger partial charge is 0.486 e. The fraction of sp³-hybridized carbons (Fsp3) is 0.259. The highest BCUT2D eigenvalue weighted by Crippen LogP contribution is 2.40. The Bertz CT molecular complexity index is 1410. The summed E-state index contributed by atoms with van der Waals surface area (Å²) in [4.78, 5) is 26.4. The van der Waals surface area contributed by atoms with Gasteiger partial charge in [-0.2, -0.15) is 0 Å². The summed E-state index contributed by atoms with van der Waals surface area (Å²) in [7, 11) is 3.17. The first-order valence-electron chi connectivity index (χ1n) is 11.6. The van der Waals surface area contributed by atoms with Crippen LogP contribution < -0.4 is 10.1 Å². The van der Waals surface area contributed by atoms with Gasteiger partial charge >= 0.3 is 5.97 Å². The fourth-order valence-electron chi connectivity index (χ4n) is 3.94. The van der Waals surface area contributed by atoms with Gasteiger partial charge in [0.2, 0.25) is 5.91 Å². The molecule has 8 nitrogen and oxygen atoms in total. The summed E-state index contributed by atoms with van der Waals surface area (Å²) in [6, 6.07) is 15.6. The number of nitrogens with one attached hydrogen (secondary N) is 1. The van der Waals surface area contributed by atoms with E-state index in [1.54, 1.807) is 0 Å². The van der Waals surface area contributed by atoms with Gasteiger partial charge in [-0.25, -0.2) is 4.79 Å². The Kier molecular flexibility index (Phi) is 8.30. The number of hydrogen-bond acceptors (Lipinski definition) is 8. The second-order valence-electron chi connectivity index (χ2n) is 8.50. The van der Waals surface area contributed by atoms with Crippen LogP contribution in [-0.4, -0.2) is 39.5 Å². The van der Waals surface area contributed by atoms with E-state index < -0.39 is 5.97 Å². The summed E-state index contributed by atoms with van der Waals surface area (Å²) in [6.07, 6.45) is 0. The standard InChI is InChI=1S/C27H28N4O4S2/c1-16-11-17(2)13-20(12-16)35-14-21-29-30-27(31(21)4)36-15-22(32)28-25-24(26(33)34-5)23(18(3)37-25)19-9-7-6-8-10-19/h6-13H,14-15H2,1-5H3,(H,28,32). The van der Waals surface area contributed by atoms with Gasteiger partial charge in [0.05, 0.1) is 12.9 Å². The Balaban J connectivity index is 1.42. The molecule has 0 saturated heterocycles. The number of nitrogens with zero attached hydrogens (tertiary/aromatic N) is 3. The first kappa shape index (κ1) is 26.4. The van der Waals surface area contributed by atoms with Crippen LogP contribution in [0.5, 0.6) is 5.75 Å². The van der Waals surface area contributed by atoms with Gasteiger partial charge in [0, 0.05) is 17.5 Å². The van der Waals surface area contributed by atoms with Crippen molar-refractivity contribution in [3.8, 4) is 16.9 Å². The second-order valence-corrected chi connectivity index (χ2v) is 10.7. The molecule has 0 unspecified atom stereocenters. The lowest BCUT2D eigenvalue weighted by Crippen LogP contribution is -2.16.